The topological polar surface area (TPSA) is 131 Å². The van der Waals surface area contributed by atoms with E-state index < -0.39 is 68.3 Å². The fourth-order valence-corrected chi connectivity index (χ4v) is 5.73. The van der Waals surface area contributed by atoms with Gasteiger partial charge in [0.15, 0.2) is 9.84 Å². The lowest BCUT2D eigenvalue weighted by molar-refractivity contribution is -0.143. The maximum absolute atomic E-state index is 15.2. The van der Waals surface area contributed by atoms with E-state index in [4.69, 9.17) is 21.8 Å². The van der Waals surface area contributed by atoms with Crippen molar-refractivity contribution in [1.29, 1.82) is 0 Å². The van der Waals surface area contributed by atoms with Gasteiger partial charge in [-0.1, -0.05) is 28.8 Å². The van der Waals surface area contributed by atoms with Crippen LogP contribution >= 0.6 is 11.6 Å². The summed E-state index contributed by atoms with van der Waals surface area (Å²) in [5.41, 5.74) is 4.41. The van der Waals surface area contributed by atoms with Crippen LogP contribution in [0.5, 0.6) is 0 Å². The maximum atomic E-state index is 15.2. The molecule has 1 aromatic heterocycles. The Bertz CT molecular complexity index is 1480. The molecule has 0 fully saturated rings. The second-order valence-electron chi connectivity index (χ2n) is 9.45. The zero-order valence-corrected chi connectivity index (χ0v) is 21.6. The predicted molar refractivity (Wildman–Crippen MR) is 131 cm³/mol. The van der Waals surface area contributed by atoms with Crippen LogP contribution in [-0.4, -0.2) is 48.0 Å². The van der Waals surface area contributed by atoms with Crippen LogP contribution < -0.4 is 16.0 Å². The smallest absolute Gasteiger partial charge is 0.391 e. The number of hydrogen-bond donors (Lipinski definition) is 2. The predicted octanol–water partition coefficient (Wildman–Crippen LogP) is 4.32. The van der Waals surface area contributed by atoms with Gasteiger partial charge >= 0.3 is 12.2 Å². The first-order valence-corrected chi connectivity index (χ1v) is 13.1. The number of benzene rings is 2. The van der Waals surface area contributed by atoms with Crippen LogP contribution in [0.15, 0.2) is 45.7 Å². The molecule has 2 heterocycles. The minimum Gasteiger partial charge on any atom is -0.403 e. The van der Waals surface area contributed by atoms with Crippen molar-refractivity contribution in [1.82, 2.24) is 10.2 Å². The quantitative estimate of drug-likeness (QED) is 0.416. The molecule has 0 saturated carbocycles. The van der Waals surface area contributed by atoms with Crippen molar-refractivity contribution in [3.8, 4) is 11.5 Å². The van der Waals surface area contributed by atoms with Crippen LogP contribution in [0, 0.1) is 5.82 Å². The Morgan fingerprint density at radius 3 is 2.47 bits per heavy atom. The summed E-state index contributed by atoms with van der Waals surface area (Å²) in [4.78, 5) is 13.8. The lowest BCUT2D eigenvalue weighted by Gasteiger charge is -2.26. The molecule has 4 rings (SSSR count). The Kier molecular flexibility index (Phi) is 7.18. The number of anilines is 2. The first-order valence-electron chi connectivity index (χ1n) is 11.1. The number of rotatable bonds is 6. The lowest BCUT2D eigenvalue weighted by Crippen LogP contribution is -2.45. The third-order valence-corrected chi connectivity index (χ3v) is 7.70. The minimum absolute atomic E-state index is 0.112. The fourth-order valence-electron chi connectivity index (χ4n) is 4.04. The number of aromatic nitrogens is 2. The van der Waals surface area contributed by atoms with E-state index in [0.717, 1.165) is 17.0 Å². The van der Waals surface area contributed by atoms with E-state index in [9.17, 15) is 26.4 Å². The first kappa shape index (κ1) is 27.8. The third-order valence-electron chi connectivity index (χ3n) is 5.65. The Labute approximate surface area is 219 Å². The molecule has 0 radical (unpaired) electrons. The largest absolute Gasteiger partial charge is 0.403 e. The number of nitrogens with one attached hydrogen (secondary N) is 1. The van der Waals surface area contributed by atoms with Gasteiger partial charge in [0.1, 0.15) is 5.82 Å². The molecule has 0 bridgehead atoms. The van der Waals surface area contributed by atoms with Gasteiger partial charge in [0, 0.05) is 10.6 Å². The molecular weight excluding hydrogens is 554 g/mol. The Balaban J connectivity index is 1.77. The van der Waals surface area contributed by atoms with Gasteiger partial charge in [-0.15, -0.1) is 5.10 Å². The van der Waals surface area contributed by atoms with Gasteiger partial charge in [-0.2, -0.15) is 13.2 Å². The molecule has 0 spiro atoms. The van der Waals surface area contributed by atoms with Crippen molar-refractivity contribution in [2.24, 2.45) is 5.73 Å². The number of nitrogens with zero attached hydrogens (tertiary/aromatic N) is 3. The highest BCUT2D eigenvalue weighted by molar-refractivity contribution is 7.91. The third kappa shape index (κ3) is 6.08. The summed E-state index contributed by atoms with van der Waals surface area (Å²) in [6.07, 6.45) is -5.69. The van der Waals surface area contributed by atoms with Gasteiger partial charge < -0.3 is 20.4 Å². The number of carbonyl (C=O) groups is 1. The summed E-state index contributed by atoms with van der Waals surface area (Å²) >= 11 is 5.92. The zero-order chi connectivity index (χ0) is 28.0. The molecule has 38 heavy (non-hydrogen) atoms. The van der Waals surface area contributed by atoms with Gasteiger partial charge in [-0.3, -0.25) is 4.79 Å². The summed E-state index contributed by atoms with van der Waals surface area (Å²) < 4.78 is 85.0. The molecule has 1 aliphatic heterocycles. The number of halogens is 5. The van der Waals surface area contributed by atoms with Crippen molar-refractivity contribution in [2.75, 3.05) is 16.0 Å². The van der Waals surface area contributed by atoms with Crippen molar-refractivity contribution in [3.05, 3.63) is 52.8 Å². The Morgan fingerprint density at radius 1 is 1.18 bits per heavy atom. The van der Waals surface area contributed by atoms with Gasteiger partial charge in [-0.05, 0) is 43.7 Å². The number of sulfone groups is 1. The molecule has 1 amide bonds. The van der Waals surface area contributed by atoms with E-state index in [1.807, 2.05) is 0 Å². The number of fused-ring (bicyclic) bond motifs is 1. The average Bonchev–Trinajstić information content (AvgIpc) is 3.21. The summed E-state index contributed by atoms with van der Waals surface area (Å²) in [5.74, 6) is -2.97. The number of nitrogens with two attached hydrogens (primary N) is 1. The lowest BCUT2D eigenvalue weighted by atomic mass is 10.0. The van der Waals surface area contributed by atoms with Crippen LogP contribution in [0.2, 0.25) is 5.02 Å². The molecule has 3 N–H and O–H groups in total. The number of carbonyl (C=O) groups excluding carboxylic acids is 1. The van der Waals surface area contributed by atoms with E-state index in [-0.39, 0.29) is 17.8 Å². The fraction of sp³-hybridized carbons (Fsp3) is 0.348. The molecule has 1 aliphatic rings. The molecule has 9 nitrogen and oxygen atoms in total. The van der Waals surface area contributed by atoms with E-state index in [1.54, 1.807) is 24.3 Å². The van der Waals surface area contributed by atoms with Gasteiger partial charge in [-0.25, -0.2) is 12.8 Å². The van der Waals surface area contributed by atoms with Crippen molar-refractivity contribution >= 4 is 39.0 Å². The molecule has 15 heteroatoms. The SMILES string of the molecule is CC(C)(CC(F)(F)F)Nc1nnc(-c2cc3c(cc2F)S(=O)(=O)C[C@H](N)C(=O)N3Cc2ccc(Cl)cc2)o1. The maximum Gasteiger partial charge on any atom is 0.391 e. The normalized spacial score (nSPS) is 17.7. The monoisotopic (exact) mass is 575 g/mol. The van der Waals surface area contributed by atoms with Crippen LogP contribution in [-0.2, 0) is 21.2 Å². The molecule has 1 atom stereocenters. The zero-order valence-electron chi connectivity index (χ0n) is 20.0. The van der Waals surface area contributed by atoms with Gasteiger partial charge in [0.05, 0.1) is 40.9 Å². The molecule has 0 saturated heterocycles. The minimum atomic E-state index is -4.48. The molecule has 0 unspecified atom stereocenters. The van der Waals surface area contributed by atoms with Crippen LogP contribution in [0.3, 0.4) is 0 Å². The summed E-state index contributed by atoms with van der Waals surface area (Å²) in [6, 6.07) is 6.39. The molecule has 204 valence electrons. The molecular formula is C23H22ClF4N5O4S. The summed E-state index contributed by atoms with van der Waals surface area (Å²) in [5, 5.41) is 10.2. The van der Waals surface area contributed by atoms with E-state index in [0.29, 0.717) is 10.6 Å². The van der Waals surface area contributed by atoms with Crippen molar-refractivity contribution in [3.63, 3.8) is 0 Å². The van der Waals surface area contributed by atoms with E-state index in [2.05, 4.69) is 15.5 Å². The van der Waals surface area contributed by atoms with Crippen LogP contribution in [0.25, 0.3) is 11.5 Å². The van der Waals surface area contributed by atoms with Gasteiger partial charge in [0.2, 0.25) is 5.91 Å². The van der Waals surface area contributed by atoms with E-state index >= 15 is 4.39 Å². The highest BCUT2D eigenvalue weighted by Crippen LogP contribution is 2.38. The second-order valence-corrected chi connectivity index (χ2v) is 11.9. The highest BCUT2D eigenvalue weighted by atomic mass is 35.5. The molecule has 2 aromatic carbocycles. The molecule has 0 aliphatic carbocycles. The van der Waals surface area contributed by atoms with Gasteiger partial charge in [0.25, 0.3) is 5.89 Å². The summed E-state index contributed by atoms with van der Waals surface area (Å²) in [6.45, 7) is 2.42. The number of alkyl halides is 3. The number of hydrogen-bond acceptors (Lipinski definition) is 8. The molecule has 3 aromatic rings. The Morgan fingerprint density at radius 2 is 1.84 bits per heavy atom. The summed E-state index contributed by atoms with van der Waals surface area (Å²) in [7, 11) is -4.18. The first-order chi connectivity index (χ1) is 17.5. The van der Waals surface area contributed by atoms with Crippen LogP contribution in [0.1, 0.15) is 25.8 Å². The number of amides is 1. The Hall–Kier alpha value is -3.23. The van der Waals surface area contributed by atoms with Crippen LogP contribution in [0.4, 0.5) is 29.3 Å². The average molecular weight is 576 g/mol. The highest BCUT2D eigenvalue weighted by Gasteiger charge is 2.39. The van der Waals surface area contributed by atoms with Crippen molar-refractivity contribution in [2.45, 2.75) is 49.5 Å². The van der Waals surface area contributed by atoms with Crippen molar-refractivity contribution < 1.29 is 35.2 Å². The standard InChI is InChI=1S/C23H22ClF4N5O4S/c1-22(2,11-23(26,27)28)30-21-32-31-19(37-21)14-7-17-18(8-15(14)25)38(35,36)10-16(29)20(34)33(17)9-12-3-5-13(24)6-4-12/h3-8,16H,9-11,29H2,1-2H3,(H,30,32)/t16-/m0/s1. The van der Waals surface area contributed by atoms with E-state index in [1.165, 1.54) is 13.8 Å². The second kappa shape index (κ2) is 9.82.